The van der Waals surface area contributed by atoms with Crippen LogP contribution >= 0.6 is 11.6 Å². The first kappa shape index (κ1) is 23.1. The fourth-order valence-corrected chi connectivity index (χ4v) is 3.22. The molecule has 0 amide bonds. The van der Waals surface area contributed by atoms with E-state index >= 15 is 0 Å². The van der Waals surface area contributed by atoms with E-state index in [1.165, 1.54) is 4.90 Å². The van der Waals surface area contributed by atoms with Gasteiger partial charge in [-0.3, -0.25) is 25.5 Å². The quantitative estimate of drug-likeness (QED) is 0.477. The number of aliphatic carboxylic acids is 1. The number of methoxy groups -OCH3 is 1. The Balaban J connectivity index is 0.00000155. The van der Waals surface area contributed by atoms with Crippen LogP contribution in [0.2, 0.25) is 5.02 Å². The lowest BCUT2D eigenvalue weighted by Crippen LogP contribution is -2.41. The Bertz CT molecular complexity index is 986. The number of hydrogen-bond acceptors (Lipinski definition) is 5. The number of nitrogens with one attached hydrogen (secondary N) is 2. The fourth-order valence-electron chi connectivity index (χ4n) is 3.10. The summed E-state index contributed by atoms with van der Waals surface area (Å²) in [6.07, 6.45) is -0.356. The third-order valence-electron chi connectivity index (χ3n) is 4.36. The monoisotopic (exact) mass is 428 g/mol. The van der Waals surface area contributed by atoms with Crippen molar-refractivity contribution in [3.05, 3.63) is 58.6 Å². The van der Waals surface area contributed by atoms with Crippen LogP contribution < -0.4 is 9.64 Å². The first-order valence-electron chi connectivity index (χ1n) is 9.49. The van der Waals surface area contributed by atoms with Crippen molar-refractivity contribution in [2.24, 2.45) is 4.99 Å². The largest absolute Gasteiger partial charge is 0.497 e. The smallest absolute Gasteiger partial charge is 0.305 e. The molecular weight excluding hydrogens is 404 g/mol. The van der Waals surface area contributed by atoms with Gasteiger partial charge in [-0.2, -0.15) is 0 Å². The van der Waals surface area contributed by atoms with Gasteiger partial charge in [-0.25, -0.2) is 0 Å². The Morgan fingerprint density at radius 1 is 1.23 bits per heavy atom. The van der Waals surface area contributed by atoms with Gasteiger partial charge < -0.3 is 9.84 Å². The van der Waals surface area contributed by atoms with Crippen LogP contribution in [0.3, 0.4) is 0 Å². The molecule has 0 saturated carbocycles. The van der Waals surface area contributed by atoms with Crippen molar-refractivity contribution in [3.63, 3.8) is 0 Å². The van der Waals surface area contributed by atoms with Gasteiger partial charge in [0, 0.05) is 16.1 Å². The van der Waals surface area contributed by atoms with Crippen molar-refractivity contribution in [2.45, 2.75) is 33.2 Å². The Morgan fingerprint density at radius 2 is 1.87 bits per heavy atom. The zero-order valence-corrected chi connectivity index (χ0v) is 18.1. The van der Waals surface area contributed by atoms with Gasteiger partial charge in [-0.1, -0.05) is 37.6 Å². The molecule has 2 aromatic carbocycles. The number of carboxylic acids is 1. The number of carbonyl (C=O) groups is 1. The molecule has 1 atom stereocenters. The molecule has 0 aromatic heterocycles. The van der Waals surface area contributed by atoms with E-state index in [-0.39, 0.29) is 18.1 Å². The van der Waals surface area contributed by atoms with Crippen LogP contribution in [-0.2, 0) is 4.79 Å². The highest BCUT2D eigenvalue weighted by atomic mass is 35.5. The van der Waals surface area contributed by atoms with E-state index in [0.717, 1.165) is 5.56 Å². The summed E-state index contributed by atoms with van der Waals surface area (Å²) in [7, 11) is 1.55. The van der Waals surface area contributed by atoms with E-state index < -0.39 is 12.0 Å². The molecule has 0 radical (unpaired) electrons. The van der Waals surface area contributed by atoms with Crippen molar-refractivity contribution in [2.75, 3.05) is 12.0 Å². The zero-order valence-electron chi connectivity index (χ0n) is 17.4. The van der Waals surface area contributed by atoms with Crippen LogP contribution in [0.5, 0.6) is 5.75 Å². The van der Waals surface area contributed by atoms with Gasteiger partial charge in [-0.05, 0) is 37.3 Å². The van der Waals surface area contributed by atoms with Crippen molar-refractivity contribution in [1.29, 1.82) is 10.8 Å². The first-order valence-corrected chi connectivity index (χ1v) is 9.87. The van der Waals surface area contributed by atoms with Crippen molar-refractivity contribution < 1.29 is 14.6 Å². The normalized spacial score (nSPS) is 15.2. The molecule has 3 rings (SSSR count). The molecule has 0 fully saturated rings. The molecule has 158 valence electrons. The molecule has 0 aliphatic carbocycles. The Labute approximate surface area is 181 Å². The number of nitrogens with zero attached hydrogens (tertiary/aromatic N) is 2. The van der Waals surface area contributed by atoms with E-state index in [1.54, 1.807) is 56.5 Å². The molecule has 8 heteroatoms. The van der Waals surface area contributed by atoms with Crippen molar-refractivity contribution in [3.8, 4) is 5.75 Å². The molecule has 0 bridgehead atoms. The summed E-state index contributed by atoms with van der Waals surface area (Å²) in [5.74, 6) is -0.448. The molecule has 0 spiro atoms. The summed E-state index contributed by atoms with van der Waals surface area (Å²) in [4.78, 5) is 17.4. The number of amidine groups is 2. The van der Waals surface area contributed by atoms with Gasteiger partial charge in [0.05, 0.1) is 24.9 Å². The SMILES string of the molecule is CC.COc1ccc2c(c1)C(c1ccc(Cl)cc1)=N[C@@H](CC(=O)O)C(=N)N2C(C)=N. The molecule has 0 unspecified atom stereocenters. The number of anilines is 1. The lowest BCUT2D eigenvalue weighted by atomic mass is 9.99. The van der Waals surface area contributed by atoms with E-state index in [9.17, 15) is 9.90 Å². The van der Waals surface area contributed by atoms with E-state index in [0.29, 0.717) is 27.7 Å². The van der Waals surface area contributed by atoms with Crippen LogP contribution in [0, 0.1) is 10.8 Å². The van der Waals surface area contributed by atoms with Crippen molar-refractivity contribution >= 4 is 40.6 Å². The molecule has 1 aliphatic heterocycles. The second kappa shape index (κ2) is 10.0. The minimum Gasteiger partial charge on any atom is -0.497 e. The number of ether oxygens (including phenoxy) is 1. The number of rotatable bonds is 4. The summed E-state index contributed by atoms with van der Waals surface area (Å²) in [5.41, 5.74) is 2.46. The maximum Gasteiger partial charge on any atom is 0.305 e. The third-order valence-corrected chi connectivity index (χ3v) is 4.61. The highest BCUT2D eigenvalue weighted by Crippen LogP contribution is 2.33. The minimum atomic E-state index is -1.07. The summed E-state index contributed by atoms with van der Waals surface area (Å²) >= 11 is 6.01. The Morgan fingerprint density at radius 3 is 2.40 bits per heavy atom. The molecule has 7 nitrogen and oxygen atoms in total. The number of benzene rings is 2. The van der Waals surface area contributed by atoms with Crippen molar-refractivity contribution in [1.82, 2.24) is 0 Å². The highest BCUT2D eigenvalue weighted by Gasteiger charge is 2.32. The molecule has 1 aliphatic rings. The zero-order chi connectivity index (χ0) is 22.4. The fraction of sp³-hybridized carbons (Fsp3) is 0.273. The summed E-state index contributed by atoms with van der Waals surface area (Å²) in [5, 5.41) is 26.6. The number of hydrogen-bond donors (Lipinski definition) is 3. The molecule has 1 heterocycles. The van der Waals surface area contributed by atoms with Crippen LogP contribution in [0.15, 0.2) is 47.5 Å². The highest BCUT2D eigenvalue weighted by molar-refractivity contribution is 6.31. The third kappa shape index (κ3) is 4.86. The van der Waals surface area contributed by atoms with Gasteiger partial charge in [-0.15, -0.1) is 0 Å². The predicted octanol–water partition coefficient (Wildman–Crippen LogP) is 4.85. The lowest BCUT2D eigenvalue weighted by molar-refractivity contribution is -0.137. The number of aliphatic imine (C=N–C) groups is 1. The van der Waals surface area contributed by atoms with Gasteiger partial charge in [0.2, 0.25) is 0 Å². The topological polar surface area (TPSA) is 110 Å². The van der Waals surface area contributed by atoms with Crippen LogP contribution in [-0.4, -0.2) is 41.6 Å². The van der Waals surface area contributed by atoms with Gasteiger partial charge in [0.1, 0.15) is 23.5 Å². The number of halogens is 1. The van der Waals surface area contributed by atoms with Crippen LogP contribution in [0.1, 0.15) is 38.3 Å². The van der Waals surface area contributed by atoms with E-state index in [4.69, 9.17) is 27.2 Å². The molecule has 2 aromatic rings. The molecule has 30 heavy (non-hydrogen) atoms. The maximum absolute atomic E-state index is 11.4. The van der Waals surface area contributed by atoms with Crippen LogP contribution in [0.4, 0.5) is 5.69 Å². The first-order chi connectivity index (χ1) is 14.3. The Hall–Kier alpha value is -3.19. The predicted molar refractivity (Wildman–Crippen MR) is 121 cm³/mol. The van der Waals surface area contributed by atoms with E-state index in [1.807, 2.05) is 13.8 Å². The number of benzodiazepines with no additional fused rings is 1. The standard InChI is InChI=1S/C20H19ClN4O3.C2H6/c1-11(22)25-17-8-7-14(28-2)9-15(17)19(12-3-5-13(21)6-4-12)24-16(20(25)23)10-18(26)27;1-2/h3-9,16,22-23H,10H2,1-2H3,(H,26,27);1-2H3/t16-;/m0./s1. The Kier molecular flexibility index (Phi) is 7.72. The lowest BCUT2D eigenvalue weighted by Gasteiger charge is -2.26. The van der Waals surface area contributed by atoms with Gasteiger partial charge >= 0.3 is 5.97 Å². The molecular formula is C22H25ClN4O3. The summed E-state index contributed by atoms with van der Waals surface area (Å²) in [6.45, 7) is 5.55. The average Bonchev–Trinajstić information content (AvgIpc) is 2.84. The summed E-state index contributed by atoms with van der Waals surface area (Å²) in [6, 6.07) is 11.3. The second-order valence-electron chi connectivity index (χ2n) is 6.29. The minimum absolute atomic E-state index is 0.0646. The van der Waals surface area contributed by atoms with E-state index in [2.05, 4.69) is 4.99 Å². The average molecular weight is 429 g/mol. The number of fused-ring (bicyclic) bond motifs is 1. The second-order valence-corrected chi connectivity index (χ2v) is 6.72. The number of carboxylic acid groups (broad SMARTS) is 1. The molecule has 0 saturated heterocycles. The summed E-state index contributed by atoms with van der Waals surface area (Å²) < 4.78 is 5.34. The molecule has 3 N–H and O–H groups in total. The van der Waals surface area contributed by atoms with Gasteiger partial charge in [0.25, 0.3) is 0 Å². The van der Waals surface area contributed by atoms with Crippen LogP contribution in [0.25, 0.3) is 0 Å². The maximum atomic E-state index is 11.4. The van der Waals surface area contributed by atoms with Gasteiger partial charge in [0.15, 0.2) is 0 Å².